The highest BCUT2D eigenvalue weighted by atomic mass is 16.6. The molecule has 3 aliphatic rings. The van der Waals surface area contributed by atoms with E-state index in [2.05, 4.69) is 84.6 Å². The fraction of sp³-hybridized carbons (Fsp3) is 0.500. The van der Waals surface area contributed by atoms with Crippen LogP contribution in [-0.4, -0.2) is 49.4 Å². The van der Waals surface area contributed by atoms with Gasteiger partial charge >= 0.3 is 6.09 Å². The number of carbonyl (C=O) groups is 1. The third kappa shape index (κ3) is 3.37. The second-order valence-corrected chi connectivity index (χ2v) is 9.76. The number of hydrogen-bond donors (Lipinski definition) is 1. The fourth-order valence-electron chi connectivity index (χ4n) is 6.24. The van der Waals surface area contributed by atoms with Crippen molar-refractivity contribution in [3.05, 3.63) is 59.2 Å². The molecule has 2 aromatic rings. The van der Waals surface area contributed by atoms with Gasteiger partial charge in [0.1, 0.15) is 5.75 Å². The van der Waals surface area contributed by atoms with Crippen LogP contribution >= 0.6 is 0 Å². The molecule has 1 fully saturated rings. The zero-order valence-electron chi connectivity index (χ0n) is 19.6. The maximum atomic E-state index is 12.9. The minimum Gasteiger partial charge on any atom is -0.409 e. The van der Waals surface area contributed by atoms with Gasteiger partial charge in [-0.2, -0.15) is 0 Å². The average molecular weight is 435 g/mol. The minimum atomic E-state index is -0.415. The quantitative estimate of drug-likeness (QED) is 0.770. The normalized spacial score (nSPS) is 27.1. The molecule has 1 N–H and O–H groups in total. The molecule has 6 nitrogen and oxygen atoms in total. The number of benzene rings is 2. The first-order valence-corrected chi connectivity index (χ1v) is 11.8. The molecule has 3 atom stereocenters. The van der Waals surface area contributed by atoms with Gasteiger partial charge in [0.15, 0.2) is 0 Å². The van der Waals surface area contributed by atoms with Gasteiger partial charge in [0.05, 0.1) is 12.2 Å². The number of likely N-dealkylation sites (N-methyl/N-ethyl adjacent to an activating group) is 2. The summed E-state index contributed by atoms with van der Waals surface area (Å²) in [4.78, 5) is 17.6. The van der Waals surface area contributed by atoms with E-state index >= 15 is 0 Å². The average Bonchev–Trinajstić information content (AvgIpc) is 3.21. The summed E-state index contributed by atoms with van der Waals surface area (Å²) in [6, 6.07) is 14.8. The van der Waals surface area contributed by atoms with Gasteiger partial charge in [-0.05, 0) is 61.2 Å². The van der Waals surface area contributed by atoms with Crippen LogP contribution in [0.1, 0.15) is 55.8 Å². The Labute approximate surface area is 191 Å². The van der Waals surface area contributed by atoms with E-state index in [1.165, 1.54) is 22.4 Å². The lowest BCUT2D eigenvalue weighted by atomic mass is 9.81. The molecular formula is C26H34N4O2. The van der Waals surface area contributed by atoms with Crippen LogP contribution < -0.4 is 15.1 Å². The molecule has 0 spiro atoms. The van der Waals surface area contributed by atoms with Crippen LogP contribution in [0.3, 0.4) is 0 Å². The molecule has 0 saturated carbocycles. The van der Waals surface area contributed by atoms with E-state index in [4.69, 9.17) is 4.74 Å². The molecule has 3 aliphatic heterocycles. The molecule has 6 heteroatoms. The molecule has 1 saturated heterocycles. The lowest BCUT2D eigenvalue weighted by Gasteiger charge is -2.36. The van der Waals surface area contributed by atoms with Crippen LogP contribution in [0.15, 0.2) is 42.5 Å². The standard InChI is InChI=1S/C26H34N4O2/c1-5-8-22-20-10-7-6-9-18(20)13-15-30(22)27-25(31)32-19-11-12-23-21(17-19)26(2)14-16-28(3)24(26)29(23)4/h6-7,9-12,17,22,24H,5,8,13-16H2,1-4H3,(H,27,31)/t22?,24-,26+/m1/s1. The minimum absolute atomic E-state index is 0.0531. The molecule has 0 bridgehead atoms. The van der Waals surface area contributed by atoms with Crippen molar-refractivity contribution in [3.8, 4) is 5.75 Å². The predicted molar refractivity (Wildman–Crippen MR) is 127 cm³/mol. The first kappa shape index (κ1) is 21.3. The maximum Gasteiger partial charge on any atom is 0.427 e. The Kier molecular flexibility index (Phi) is 5.38. The first-order chi connectivity index (χ1) is 15.4. The lowest BCUT2D eigenvalue weighted by Crippen LogP contribution is -2.48. The van der Waals surface area contributed by atoms with E-state index in [0.717, 1.165) is 38.8 Å². The van der Waals surface area contributed by atoms with E-state index in [0.29, 0.717) is 11.9 Å². The number of carbonyl (C=O) groups excluding carboxylic acids is 1. The maximum absolute atomic E-state index is 12.9. The Morgan fingerprint density at radius 2 is 2.00 bits per heavy atom. The second kappa shape index (κ2) is 8.09. The molecular weight excluding hydrogens is 400 g/mol. The molecule has 5 rings (SSSR count). The van der Waals surface area contributed by atoms with Crippen molar-refractivity contribution in [2.24, 2.45) is 0 Å². The number of likely N-dealkylation sites (tertiary alicyclic amines) is 1. The van der Waals surface area contributed by atoms with Gasteiger partial charge in [-0.3, -0.25) is 10.3 Å². The third-order valence-corrected chi connectivity index (χ3v) is 7.72. The highest BCUT2D eigenvalue weighted by Gasteiger charge is 2.52. The summed E-state index contributed by atoms with van der Waals surface area (Å²) in [5, 5.41) is 2.05. The van der Waals surface area contributed by atoms with Gasteiger partial charge in [0, 0.05) is 31.2 Å². The van der Waals surface area contributed by atoms with Crippen LogP contribution in [0.4, 0.5) is 10.5 Å². The Balaban J connectivity index is 1.32. The van der Waals surface area contributed by atoms with Crippen molar-refractivity contribution >= 4 is 11.8 Å². The first-order valence-electron chi connectivity index (χ1n) is 11.8. The Hall–Kier alpha value is -2.57. The molecule has 0 aliphatic carbocycles. The number of fused-ring (bicyclic) bond motifs is 4. The predicted octanol–water partition coefficient (Wildman–Crippen LogP) is 4.46. The van der Waals surface area contributed by atoms with E-state index in [1.54, 1.807) is 0 Å². The molecule has 170 valence electrons. The molecule has 3 heterocycles. The number of hydrogen-bond acceptors (Lipinski definition) is 5. The van der Waals surface area contributed by atoms with E-state index < -0.39 is 6.09 Å². The van der Waals surface area contributed by atoms with Gasteiger partial charge in [-0.25, -0.2) is 9.80 Å². The highest BCUT2D eigenvalue weighted by Crippen LogP contribution is 2.51. The number of hydrazine groups is 1. The third-order valence-electron chi connectivity index (χ3n) is 7.72. The number of nitrogens with one attached hydrogen (secondary N) is 1. The highest BCUT2D eigenvalue weighted by molar-refractivity contribution is 5.72. The van der Waals surface area contributed by atoms with Gasteiger partial charge < -0.3 is 9.64 Å². The molecule has 1 unspecified atom stereocenters. The monoisotopic (exact) mass is 434 g/mol. The van der Waals surface area contributed by atoms with Crippen molar-refractivity contribution in [2.45, 2.75) is 57.2 Å². The summed E-state index contributed by atoms with van der Waals surface area (Å²) in [7, 11) is 4.35. The van der Waals surface area contributed by atoms with Crippen molar-refractivity contribution in [3.63, 3.8) is 0 Å². The zero-order valence-corrected chi connectivity index (χ0v) is 19.6. The van der Waals surface area contributed by atoms with Crippen molar-refractivity contribution in [2.75, 3.05) is 32.1 Å². The van der Waals surface area contributed by atoms with Crippen LogP contribution in [0, 0.1) is 0 Å². The van der Waals surface area contributed by atoms with Crippen molar-refractivity contribution in [1.29, 1.82) is 0 Å². The van der Waals surface area contributed by atoms with Crippen molar-refractivity contribution in [1.82, 2.24) is 15.3 Å². The molecule has 32 heavy (non-hydrogen) atoms. The Bertz CT molecular complexity index is 1020. The van der Waals surface area contributed by atoms with E-state index in [-0.39, 0.29) is 11.5 Å². The summed E-state index contributed by atoms with van der Waals surface area (Å²) in [5.74, 6) is 0.607. The molecule has 1 amide bonds. The molecule has 2 aromatic carbocycles. The Morgan fingerprint density at radius 1 is 1.19 bits per heavy atom. The topological polar surface area (TPSA) is 48.1 Å². The largest absolute Gasteiger partial charge is 0.427 e. The van der Waals surface area contributed by atoms with Gasteiger partial charge in [0.2, 0.25) is 0 Å². The van der Waals surface area contributed by atoms with Crippen LogP contribution in [0.5, 0.6) is 5.75 Å². The SMILES string of the molecule is CCCC1c2ccccc2CCN1NC(=O)Oc1ccc2c(c1)[C@]1(C)CCN(C)[C@@H]1N2C. The number of amides is 1. The van der Waals surface area contributed by atoms with Gasteiger partial charge in [-0.15, -0.1) is 0 Å². The van der Waals surface area contributed by atoms with E-state index in [1.807, 2.05) is 6.07 Å². The molecule has 0 radical (unpaired) electrons. The van der Waals surface area contributed by atoms with Crippen molar-refractivity contribution < 1.29 is 9.53 Å². The lowest BCUT2D eigenvalue weighted by molar-refractivity contribution is 0.0971. The number of anilines is 1. The number of rotatable bonds is 4. The Morgan fingerprint density at radius 3 is 2.81 bits per heavy atom. The van der Waals surface area contributed by atoms with Crippen LogP contribution in [-0.2, 0) is 11.8 Å². The van der Waals surface area contributed by atoms with Gasteiger partial charge in [0.25, 0.3) is 0 Å². The van der Waals surface area contributed by atoms with E-state index in [9.17, 15) is 4.79 Å². The summed E-state index contributed by atoms with van der Waals surface area (Å²) in [6.45, 7) is 6.38. The summed E-state index contributed by atoms with van der Waals surface area (Å²) in [6.07, 6.45) is 4.02. The second-order valence-electron chi connectivity index (χ2n) is 9.76. The number of ether oxygens (including phenoxy) is 1. The number of nitrogens with zero attached hydrogens (tertiary/aromatic N) is 3. The fourth-order valence-corrected chi connectivity index (χ4v) is 6.24. The zero-order chi connectivity index (χ0) is 22.5. The molecule has 0 aromatic heterocycles. The summed E-state index contributed by atoms with van der Waals surface area (Å²) >= 11 is 0. The summed E-state index contributed by atoms with van der Waals surface area (Å²) < 4.78 is 5.79. The summed E-state index contributed by atoms with van der Waals surface area (Å²) in [5.41, 5.74) is 8.28. The van der Waals surface area contributed by atoms with Gasteiger partial charge in [-0.1, -0.05) is 44.5 Å². The van der Waals surface area contributed by atoms with Crippen LogP contribution in [0.2, 0.25) is 0 Å². The smallest absolute Gasteiger partial charge is 0.409 e. The van der Waals surface area contributed by atoms with Crippen LogP contribution in [0.25, 0.3) is 0 Å².